The van der Waals surface area contributed by atoms with Crippen molar-refractivity contribution in [3.05, 3.63) is 28.2 Å². The molecule has 0 atom stereocenters. The number of nitrogens with zero attached hydrogens (tertiary/aromatic N) is 1. The van der Waals surface area contributed by atoms with Crippen molar-refractivity contribution in [2.75, 3.05) is 7.05 Å². The van der Waals surface area contributed by atoms with Gasteiger partial charge >= 0.3 is 0 Å². The van der Waals surface area contributed by atoms with Gasteiger partial charge in [-0.3, -0.25) is 0 Å². The molecule has 1 saturated carbocycles. The van der Waals surface area contributed by atoms with Gasteiger partial charge < -0.3 is 0 Å². The SMILES string of the molecule is CN(C1CCCCC1)S(=O)(=O)c1ccc(CCl)cc1Br. The monoisotopic (exact) mass is 379 g/mol. The van der Waals surface area contributed by atoms with Crippen LogP contribution >= 0.6 is 27.5 Å². The Balaban J connectivity index is 2.29. The number of alkyl halides is 1. The second-order valence-electron chi connectivity index (χ2n) is 5.21. The number of sulfonamides is 1. The molecule has 0 radical (unpaired) electrons. The maximum absolute atomic E-state index is 12.7. The maximum atomic E-state index is 12.7. The molecule has 0 unspecified atom stereocenters. The van der Waals surface area contributed by atoms with Crippen molar-refractivity contribution in [1.29, 1.82) is 0 Å². The predicted molar refractivity (Wildman–Crippen MR) is 85.5 cm³/mol. The highest BCUT2D eigenvalue weighted by Gasteiger charge is 2.30. The average molecular weight is 381 g/mol. The van der Waals surface area contributed by atoms with E-state index in [9.17, 15) is 8.42 Å². The molecule has 20 heavy (non-hydrogen) atoms. The van der Waals surface area contributed by atoms with Gasteiger partial charge in [-0.05, 0) is 46.5 Å². The molecule has 0 amide bonds. The smallest absolute Gasteiger partial charge is 0.207 e. The molecule has 6 heteroatoms. The topological polar surface area (TPSA) is 37.4 Å². The van der Waals surface area contributed by atoms with Crippen molar-refractivity contribution >= 4 is 37.6 Å². The van der Waals surface area contributed by atoms with Crippen molar-refractivity contribution in [1.82, 2.24) is 4.31 Å². The summed E-state index contributed by atoms with van der Waals surface area (Å²) in [6, 6.07) is 5.29. The van der Waals surface area contributed by atoms with Gasteiger partial charge in [-0.15, -0.1) is 11.6 Å². The summed E-state index contributed by atoms with van der Waals surface area (Å²) in [5.74, 6) is 0.372. The minimum absolute atomic E-state index is 0.119. The third-order valence-corrected chi connectivity index (χ3v) is 7.09. The standard InChI is InChI=1S/C14H19BrClNO2S/c1-17(12-5-3-2-4-6-12)20(18,19)14-8-7-11(10-16)9-13(14)15/h7-9,12H,2-6,10H2,1H3. The normalized spacial score (nSPS) is 17.6. The van der Waals surface area contributed by atoms with E-state index in [-0.39, 0.29) is 6.04 Å². The van der Waals surface area contributed by atoms with Crippen molar-refractivity contribution in [2.45, 2.75) is 48.9 Å². The van der Waals surface area contributed by atoms with E-state index in [0.29, 0.717) is 15.2 Å². The van der Waals surface area contributed by atoms with Crippen LogP contribution in [0.5, 0.6) is 0 Å². The molecule has 1 fully saturated rings. The first-order valence-electron chi connectivity index (χ1n) is 6.79. The first kappa shape index (κ1) is 16.3. The minimum atomic E-state index is -3.45. The molecule has 0 spiro atoms. The summed E-state index contributed by atoms with van der Waals surface area (Å²) in [6.45, 7) is 0. The quantitative estimate of drug-likeness (QED) is 0.736. The van der Waals surface area contributed by atoms with Gasteiger partial charge in [0.1, 0.15) is 0 Å². The van der Waals surface area contributed by atoms with Crippen LogP contribution < -0.4 is 0 Å². The highest BCUT2D eigenvalue weighted by atomic mass is 79.9. The Morgan fingerprint density at radius 2 is 1.95 bits per heavy atom. The number of hydrogen-bond donors (Lipinski definition) is 0. The molecule has 112 valence electrons. The highest BCUT2D eigenvalue weighted by Crippen LogP contribution is 2.30. The van der Waals surface area contributed by atoms with Crippen LogP contribution in [0.15, 0.2) is 27.6 Å². The molecule has 0 saturated heterocycles. The lowest BCUT2D eigenvalue weighted by Gasteiger charge is -2.30. The Kier molecular flexibility index (Phi) is 5.51. The number of halogens is 2. The summed E-state index contributed by atoms with van der Waals surface area (Å²) >= 11 is 9.12. The van der Waals surface area contributed by atoms with Crippen LogP contribution in [0.4, 0.5) is 0 Å². The first-order valence-corrected chi connectivity index (χ1v) is 9.56. The van der Waals surface area contributed by atoms with E-state index in [1.165, 1.54) is 10.7 Å². The van der Waals surface area contributed by atoms with Crippen molar-refractivity contribution in [3.63, 3.8) is 0 Å². The van der Waals surface area contributed by atoms with Gasteiger partial charge in [-0.2, -0.15) is 4.31 Å². The zero-order valence-corrected chi connectivity index (χ0v) is 14.6. The number of benzene rings is 1. The summed E-state index contributed by atoms with van der Waals surface area (Å²) in [5.41, 5.74) is 0.901. The van der Waals surface area contributed by atoms with Crippen LogP contribution in [0.1, 0.15) is 37.7 Å². The fraction of sp³-hybridized carbons (Fsp3) is 0.571. The minimum Gasteiger partial charge on any atom is -0.207 e. The van der Waals surface area contributed by atoms with Gasteiger partial charge in [0.05, 0.1) is 4.90 Å². The van der Waals surface area contributed by atoms with Crippen LogP contribution in [0, 0.1) is 0 Å². The van der Waals surface area contributed by atoms with Crippen LogP contribution in [0.2, 0.25) is 0 Å². The predicted octanol–water partition coefficient (Wildman–Crippen LogP) is 4.14. The zero-order chi connectivity index (χ0) is 14.8. The van der Waals surface area contributed by atoms with E-state index in [1.807, 2.05) is 0 Å². The lowest BCUT2D eigenvalue weighted by atomic mass is 9.96. The lowest BCUT2D eigenvalue weighted by molar-refractivity contribution is 0.285. The van der Waals surface area contributed by atoms with E-state index in [2.05, 4.69) is 15.9 Å². The number of rotatable bonds is 4. The van der Waals surface area contributed by atoms with Gasteiger partial charge in [0.2, 0.25) is 10.0 Å². The fourth-order valence-electron chi connectivity index (χ4n) is 2.63. The summed E-state index contributed by atoms with van der Waals surface area (Å²) in [5, 5.41) is 0. The van der Waals surface area contributed by atoms with E-state index >= 15 is 0 Å². The molecule has 1 aliphatic carbocycles. The molecule has 1 aromatic rings. The van der Waals surface area contributed by atoms with Gasteiger partial charge in [0.15, 0.2) is 0 Å². The largest absolute Gasteiger partial charge is 0.244 e. The van der Waals surface area contributed by atoms with Crippen LogP contribution in [-0.4, -0.2) is 25.8 Å². The van der Waals surface area contributed by atoms with E-state index in [4.69, 9.17) is 11.6 Å². The summed E-state index contributed by atoms with van der Waals surface area (Å²) in [6.07, 6.45) is 5.33. The molecule has 0 heterocycles. The number of hydrogen-bond acceptors (Lipinski definition) is 2. The van der Waals surface area contributed by atoms with Crippen molar-refractivity contribution in [3.8, 4) is 0 Å². The Morgan fingerprint density at radius 3 is 2.50 bits per heavy atom. The molecule has 0 bridgehead atoms. The molecule has 1 aliphatic rings. The van der Waals surface area contributed by atoms with Gasteiger partial charge in [-0.25, -0.2) is 8.42 Å². The van der Waals surface area contributed by atoms with Gasteiger partial charge in [0, 0.05) is 23.4 Å². The molecule has 0 N–H and O–H groups in total. The third-order valence-electron chi connectivity index (χ3n) is 3.90. The molecule has 3 nitrogen and oxygen atoms in total. The molecule has 2 rings (SSSR count). The average Bonchev–Trinajstić information content (AvgIpc) is 2.46. The molecule has 1 aromatic carbocycles. The Labute approximate surface area is 134 Å². The van der Waals surface area contributed by atoms with Crippen LogP contribution in [0.3, 0.4) is 0 Å². The molecular weight excluding hydrogens is 362 g/mol. The summed E-state index contributed by atoms with van der Waals surface area (Å²) in [4.78, 5) is 0.319. The van der Waals surface area contributed by atoms with E-state index < -0.39 is 10.0 Å². The highest BCUT2D eigenvalue weighted by molar-refractivity contribution is 9.10. The van der Waals surface area contributed by atoms with Gasteiger partial charge in [0.25, 0.3) is 0 Å². The molecular formula is C14H19BrClNO2S. The van der Waals surface area contributed by atoms with Crippen molar-refractivity contribution in [2.24, 2.45) is 0 Å². The zero-order valence-electron chi connectivity index (χ0n) is 11.5. The fourth-order valence-corrected chi connectivity index (χ4v) is 5.30. The third kappa shape index (κ3) is 3.38. The first-order chi connectivity index (χ1) is 9.46. The second kappa shape index (κ2) is 6.77. The second-order valence-corrected chi connectivity index (χ2v) is 8.30. The Bertz CT molecular complexity index is 571. The Morgan fingerprint density at radius 1 is 1.30 bits per heavy atom. The summed E-state index contributed by atoms with van der Waals surface area (Å²) < 4.78 is 27.5. The van der Waals surface area contributed by atoms with Gasteiger partial charge in [-0.1, -0.05) is 25.3 Å². The van der Waals surface area contributed by atoms with Crippen LogP contribution in [-0.2, 0) is 15.9 Å². The lowest BCUT2D eigenvalue weighted by Crippen LogP contribution is -2.38. The summed E-state index contributed by atoms with van der Waals surface area (Å²) in [7, 11) is -1.76. The van der Waals surface area contributed by atoms with E-state index in [1.54, 1.807) is 25.2 Å². The molecule has 0 aromatic heterocycles. The maximum Gasteiger partial charge on any atom is 0.244 e. The molecule has 0 aliphatic heterocycles. The van der Waals surface area contributed by atoms with Crippen molar-refractivity contribution < 1.29 is 8.42 Å². The Hall–Kier alpha value is -0.100. The van der Waals surface area contributed by atoms with Crippen LogP contribution in [0.25, 0.3) is 0 Å². The van der Waals surface area contributed by atoms with E-state index in [0.717, 1.165) is 31.2 Å².